The van der Waals surface area contributed by atoms with Crippen LogP contribution in [0.4, 0.5) is 0 Å². The lowest BCUT2D eigenvalue weighted by Gasteiger charge is -2.09. The van der Waals surface area contributed by atoms with Crippen LogP contribution < -0.4 is 14.3 Å². The quantitative estimate of drug-likeness (QED) is 0.569. The van der Waals surface area contributed by atoms with E-state index in [-0.39, 0.29) is 10.6 Å². The molecule has 1 aromatic heterocycles. The van der Waals surface area contributed by atoms with Gasteiger partial charge < -0.3 is 18.8 Å². The molecule has 1 heterocycles. The van der Waals surface area contributed by atoms with E-state index in [0.717, 1.165) is 10.2 Å². The predicted molar refractivity (Wildman–Crippen MR) is 111 cm³/mol. The first-order chi connectivity index (χ1) is 13.5. The summed E-state index contributed by atoms with van der Waals surface area (Å²) in [7, 11) is 4.77. The number of benzene rings is 2. The van der Waals surface area contributed by atoms with Crippen molar-refractivity contribution in [2.24, 2.45) is 4.99 Å². The van der Waals surface area contributed by atoms with Gasteiger partial charge >= 0.3 is 0 Å². The molecule has 148 valence electrons. The third-order valence-electron chi connectivity index (χ3n) is 4.07. The van der Waals surface area contributed by atoms with Gasteiger partial charge in [0.1, 0.15) is 0 Å². The SMILES string of the molecule is COCCn1c(=NC(=O)c2ccc(Cl)cc2Cl)sc2cc(OC)c(OC)cc21. The van der Waals surface area contributed by atoms with Crippen molar-refractivity contribution in [3.63, 3.8) is 0 Å². The summed E-state index contributed by atoms with van der Waals surface area (Å²) in [5, 5.41) is 0.715. The Bertz CT molecular complexity index is 1090. The zero-order valence-electron chi connectivity index (χ0n) is 15.5. The molecule has 6 nitrogen and oxygen atoms in total. The molecule has 0 unspecified atom stereocenters. The number of carbonyl (C=O) groups is 1. The highest BCUT2D eigenvalue weighted by Gasteiger charge is 2.15. The zero-order chi connectivity index (χ0) is 20.3. The average Bonchev–Trinajstić information content (AvgIpc) is 3.00. The van der Waals surface area contributed by atoms with Crippen molar-refractivity contribution in [1.82, 2.24) is 4.57 Å². The van der Waals surface area contributed by atoms with E-state index in [1.165, 1.54) is 17.4 Å². The van der Waals surface area contributed by atoms with Gasteiger partial charge in [0.05, 0.1) is 41.6 Å². The van der Waals surface area contributed by atoms with E-state index in [2.05, 4.69) is 4.99 Å². The van der Waals surface area contributed by atoms with E-state index in [0.29, 0.717) is 34.5 Å². The molecule has 28 heavy (non-hydrogen) atoms. The molecule has 0 aliphatic rings. The molecule has 0 N–H and O–H groups in total. The maximum absolute atomic E-state index is 12.7. The second-order valence-electron chi connectivity index (χ2n) is 5.75. The van der Waals surface area contributed by atoms with Crippen LogP contribution in [0.25, 0.3) is 10.2 Å². The van der Waals surface area contributed by atoms with E-state index in [1.54, 1.807) is 33.5 Å². The summed E-state index contributed by atoms with van der Waals surface area (Å²) >= 11 is 13.4. The summed E-state index contributed by atoms with van der Waals surface area (Å²) in [5.74, 6) is 0.754. The maximum Gasteiger partial charge on any atom is 0.281 e. The van der Waals surface area contributed by atoms with Crippen molar-refractivity contribution in [2.45, 2.75) is 6.54 Å². The van der Waals surface area contributed by atoms with Crippen molar-refractivity contribution in [3.05, 3.63) is 50.7 Å². The molecule has 0 saturated carbocycles. The first kappa shape index (κ1) is 20.7. The smallest absolute Gasteiger partial charge is 0.281 e. The van der Waals surface area contributed by atoms with Crippen LogP contribution in [0.5, 0.6) is 11.5 Å². The summed E-state index contributed by atoms with van der Waals surface area (Å²) < 4.78 is 18.8. The van der Waals surface area contributed by atoms with Crippen molar-refractivity contribution in [3.8, 4) is 11.5 Å². The van der Waals surface area contributed by atoms with Crippen molar-refractivity contribution >= 4 is 50.7 Å². The largest absolute Gasteiger partial charge is 0.493 e. The van der Waals surface area contributed by atoms with Crippen molar-refractivity contribution < 1.29 is 19.0 Å². The highest BCUT2D eigenvalue weighted by Crippen LogP contribution is 2.33. The minimum atomic E-state index is -0.446. The molecule has 0 atom stereocenters. The molecule has 0 spiro atoms. The zero-order valence-corrected chi connectivity index (χ0v) is 17.8. The molecule has 9 heteroatoms. The lowest BCUT2D eigenvalue weighted by molar-refractivity contribution is 0.0997. The number of rotatable bonds is 6. The number of aromatic nitrogens is 1. The highest BCUT2D eigenvalue weighted by molar-refractivity contribution is 7.16. The number of carbonyl (C=O) groups excluding carboxylic acids is 1. The Morgan fingerprint density at radius 1 is 1.11 bits per heavy atom. The number of thiazole rings is 1. The van der Waals surface area contributed by atoms with Crippen molar-refractivity contribution in [1.29, 1.82) is 0 Å². The standard InChI is InChI=1S/C19H18Cl2N2O4S/c1-25-7-6-23-14-9-15(26-2)16(27-3)10-17(14)28-19(23)22-18(24)12-5-4-11(20)8-13(12)21/h4-5,8-10H,6-7H2,1-3H3. The van der Waals surface area contributed by atoms with E-state index >= 15 is 0 Å². The molecule has 0 aliphatic heterocycles. The lowest BCUT2D eigenvalue weighted by Crippen LogP contribution is -2.19. The van der Waals surface area contributed by atoms with Crippen LogP contribution >= 0.6 is 34.5 Å². The monoisotopic (exact) mass is 440 g/mol. The highest BCUT2D eigenvalue weighted by atomic mass is 35.5. The minimum Gasteiger partial charge on any atom is -0.493 e. The van der Waals surface area contributed by atoms with Crippen LogP contribution in [-0.2, 0) is 11.3 Å². The van der Waals surface area contributed by atoms with Gasteiger partial charge in [-0.25, -0.2) is 0 Å². The first-order valence-corrected chi connectivity index (χ1v) is 9.84. The minimum absolute atomic E-state index is 0.258. The predicted octanol–water partition coefficient (Wildman–Crippen LogP) is 4.41. The normalized spacial score (nSPS) is 11.8. The van der Waals surface area contributed by atoms with Gasteiger partial charge in [-0.1, -0.05) is 34.5 Å². The van der Waals surface area contributed by atoms with Gasteiger partial charge in [-0.15, -0.1) is 0 Å². The number of hydrogen-bond acceptors (Lipinski definition) is 5. The topological polar surface area (TPSA) is 62.1 Å². The third kappa shape index (κ3) is 4.17. The Balaban J connectivity index is 2.17. The lowest BCUT2D eigenvalue weighted by atomic mass is 10.2. The molecular weight excluding hydrogens is 423 g/mol. The molecule has 3 rings (SSSR count). The van der Waals surface area contributed by atoms with E-state index in [9.17, 15) is 4.79 Å². The molecule has 3 aromatic rings. The van der Waals surface area contributed by atoms with Crippen LogP contribution in [0.2, 0.25) is 10.0 Å². The molecule has 0 radical (unpaired) electrons. The fourth-order valence-corrected chi connectivity index (χ4v) is 4.24. The number of nitrogens with zero attached hydrogens (tertiary/aromatic N) is 2. The Kier molecular flexibility index (Phi) is 6.61. The van der Waals surface area contributed by atoms with Gasteiger partial charge in [-0.3, -0.25) is 4.79 Å². The average molecular weight is 441 g/mol. The van der Waals surface area contributed by atoms with Gasteiger partial charge in [0.25, 0.3) is 5.91 Å². The second-order valence-corrected chi connectivity index (χ2v) is 7.60. The maximum atomic E-state index is 12.7. The van der Waals surface area contributed by atoms with Crippen LogP contribution in [-0.4, -0.2) is 38.4 Å². The number of amides is 1. The fourth-order valence-electron chi connectivity index (χ4n) is 2.69. The Morgan fingerprint density at radius 3 is 2.46 bits per heavy atom. The van der Waals surface area contributed by atoms with Crippen LogP contribution in [0.1, 0.15) is 10.4 Å². The van der Waals surface area contributed by atoms with Gasteiger partial charge in [-0.05, 0) is 18.2 Å². The third-order valence-corrected chi connectivity index (χ3v) is 5.65. The van der Waals surface area contributed by atoms with Gasteiger partial charge in [0, 0.05) is 30.8 Å². The second kappa shape index (κ2) is 8.96. The number of ether oxygens (including phenoxy) is 3. The fraction of sp³-hybridized carbons (Fsp3) is 0.263. The molecule has 1 amide bonds. The van der Waals surface area contributed by atoms with Gasteiger partial charge in [0.2, 0.25) is 0 Å². The number of hydrogen-bond donors (Lipinski definition) is 0. The molecule has 2 aromatic carbocycles. The summed E-state index contributed by atoms with van der Waals surface area (Å²) in [6, 6.07) is 8.41. The van der Waals surface area contributed by atoms with Gasteiger partial charge in [-0.2, -0.15) is 4.99 Å². The molecule has 0 fully saturated rings. The van der Waals surface area contributed by atoms with Crippen LogP contribution in [0.3, 0.4) is 0 Å². The van der Waals surface area contributed by atoms with Gasteiger partial charge in [0.15, 0.2) is 16.3 Å². The molecular formula is C19H18Cl2N2O4S. The summed E-state index contributed by atoms with van der Waals surface area (Å²) in [6.07, 6.45) is 0. The molecule has 0 bridgehead atoms. The summed E-state index contributed by atoms with van der Waals surface area (Å²) in [5.41, 5.74) is 1.16. The Labute approximate surface area is 175 Å². The van der Waals surface area contributed by atoms with Crippen LogP contribution in [0, 0.1) is 0 Å². The van der Waals surface area contributed by atoms with E-state index in [1.807, 2.05) is 16.7 Å². The first-order valence-electron chi connectivity index (χ1n) is 8.27. The molecule has 0 saturated heterocycles. The Morgan fingerprint density at radius 2 is 1.82 bits per heavy atom. The number of methoxy groups -OCH3 is 3. The van der Waals surface area contributed by atoms with Crippen LogP contribution in [0.15, 0.2) is 35.3 Å². The van der Waals surface area contributed by atoms with E-state index in [4.69, 9.17) is 37.4 Å². The summed E-state index contributed by atoms with van der Waals surface area (Å²) in [4.78, 5) is 17.5. The number of fused-ring (bicyclic) bond motifs is 1. The van der Waals surface area contributed by atoms with Crippen molar-refractivity contribution in [2.75, 3.05) is 27.9 Å². The summed E-state index contributed by atoms with van der Waals surface area (Å²) in [6.45, 7) is 0.982. The van der Waals surface area contributed by atoms with E-state index < -0.39 is 5.91 Å². The Hall–Kier alpha value is -2.06. The number of halogens is 2. The molecule has 0 aliphatic carbocycles.